The zero-order valence-electron chi connectivity index (χ0n) is 14.3. The number of benzene rings is 2. The third-order valence-electron chi connectivity index (χ3n) is 4.09. The fourth-order valence-corrected chi connectivity index (χ4v) is 4.97. The average Bonchev–Trinajstić information content (AvgIpc) is 3.17. The molecular formula is C18H18BrClN2O4S. The normalized spacial score (nSPS) is 14.9. The lowest BCUT2D eigenvalue weighted by atomic mass is 10.3. The summed E-state index contributed by atoms with van der Waals surface area (Å²) in [6, 6.07) is 11.2. The molecule has 1 N–H and O–H groups in total. The van der Waals surface area contributed by atoms with Gasteiger partial charge in [0.25, 0.3) is 5.91 Å². The van der Waals surface area contributed by atoms with Crippen LogP contribution in [0.5, 0.6) is 5.75 Å². The molecule has 0 saturated carbocycles. The monoisotopic (exact) mass is 472 g/mol. The molecule has 1 aliphatic rings. The van der Waals surface area contributed by atoms with Crippen molar-refractivity contribution >= 4 is 49.1 Å². The molecule has 9 heteroatoms. The van der Waals surface area contributed by atoms with Crippen molar-refractivity contribution in [3.63, 3.8) is 0 Å². The Labute approximate surface area is 171 Å². The molecule has 27 heavy (non-hydrogen) atoms. The summed E-state index contributed by atoms with van der Waals surface area (Å²) in [7, 11) is -3.46. The van der Waals surface area contributed by atoms with Gasteiger partial charge >= 0.3 is 0 Å². The van der Waals surface area contributed by atoms with Crippen molar-refractivity contribution in [1.29, 1.82) is 0 Å². The highest BCUT2D eigenvalue weighted by Gasteiger charge is 2.26. The maximum Gasteiger partial charge on any atom is 0.262 e. The highest BCUT2D eigenvalue weighted by molar-refractivity contribution is 9.10. The van der Waals surface area contributed by atoms with Gasteiger partial charge in [0.15, 0.2) is 6.61 Å². The number of anilines is 1. The third-order valence-corrected chi connectivity index (χ3v) is 6.80. The number of nitrogens with one attached hydrogen (secondary N) is 1. The van der Waals surface area contributed by atoms with Gasteiger partial charge in [0, 0.05) is 23.2 Å². The Morgan fingerprint density at radius 1 is 1.15 bits per heavy atom. The highest BCUT2D eigenvalue weighted by atomic mass is 79.9. The van der Waals surface area contributed by atoms with E-state index in [0.717, 1.165) is 17.3 Å². The van der Waals surface area contributed by atoms with E-state index < -0.39 is 10.0 Å². The number of hydrogen-bond donors (Lipinski definition) is 1. The predicted octanol–water partition coefficient (Wildman–Crippen LogP) is 3.90. The highest BCUT2D eigenvalue weighted by Crippen LogP contribution is 2.27. The van der Waals surface area contributed by atoms with E-state index in [4.69, 9.17) is 16.3 Å². The summed E-state index contributed by atoms with van der Waals surface area (Å²) in [5.41, 5.74) is 0.492. The van der Waals surface area contributed by atoms with Crippen LogP contribution in [0.2, 0.25) is 5.02 Å². The van der Waals surface area contributed by atoms with Crippen LogP contribution in [0.25, 0.3) is 0 Å². The maximum atomic E-state index is 12.5. The van der Waals surface area contributed by atoms with Gasteiger partial charge in [-0.1, -0.05) is 27.5 Å². The molecular weight excluding hydrogens is 456 g/mol. The van der Waals surface area contributed by atoms with Crippen molar-refractivity contribution < 1.29 is 17.9 Å². The van der Waals surface area contributed by atoms with Crippen molar-refractivity contribution in [1.82, 2.24) is 4.31 Å². The molecule has 0 spiro atoms. The van der Waals surface area contributed by atoms with Crippen molar-refractivity contribution in [3.8, 4) is 5.75 Å². The number of carbonyl (C=O) groups is 1. The van der Waals surface area contributed by atoms with E-state index >= 15 is 0 Å². The summed E-state index contributed by atoms with van der Waals surface area (Å²) in [6.07, 6.45) is 1.77. The first-order valence-corrected chi connectivity index (χ1v) is 11.0. The van der Waals surface area contributed by atoms with Gasteiger partial charge in [0.1, 0.15) is 5.75 Å². The van der Waals surface area contributed by atoms with Crippen LogP contribution in [0, 0.1) is 0 Å². The first-order valence-electron chi connectivity index (χ1n) is 8.34. The molecule has 0 radical (unpaired) electrons. The number of carbonyl (C=O) groups excluding carboxylic acids is 1. The van der Waals surface area contributed by atoms with Crippen LogP contribution >= 0.6 is 27.5 Å². The summed E-state index contributed by atoms with van der Waals surface area (Å²) < 4.78 is 32.7. The molecule has 2 aromatic carbocycles. The number of hydrogen-bond acceptors (Lipinski definition) is 4. The smallest absolute Gasteiger partial charge is 0.262 e. The second-order valence-electron chi connectivity index (χ2n) is 6.05. The minimum absolute atomic E-state index is 0.213. The van der Waals surface area contributed by atoms with Gasteiger partial charge in [-0.25, -0.2) is 8.42 Å². The zero-order chi connectivity index (χ0) is 19.4. The Morgan fingerprint density at radius 3 is 2.44 bits per heavy atom. The minimum Gasteiger partial charge on any atom is -0.482 e. The molecule has 0 unspecified atom stereocenters. The Bertz CT molecular complexity index is 929. The van der Waals surface area contributed by atoms with Crippen molar-refractivity contribution in [2.45, 2.75) is 17.7 Å². The fraction of sp³-hybridized carbons (Fsp3) is 0.278. The SMILES string of the molecule is O=C(COc1ccc(Br)cc1Cl)Nc1ccc(S(=O)(=O)N2CCCC2)cc1. The molecule has 1 aliphatic heterocycles. The van der Waals surface area contributed by atoms with E-state index in [1.807, 2.05) is 0 Å². The lowest BCUT2D eigenvalue weighted by Gasteiger charge is -2.15. The Morgan fingerprint density at radius 2 is 1.81 bits per heavy atom. The van der Waals surface area contributed by atoms with E-state index in [1.54, 1.807) is 30.3 Å². The number of rotatable bonds is 6. The van der Waals surface area contributed by atoms with E-state index in [-0.39, 0.29) is 17.4 Å². The molecule has 0 atom stereocenters. The minimum atomic E-state index is -3.46. The van der Waals surface area contributed by atoms with Gasteiger partial charge in [-0.2, -0.15) is 4.31 Å². The summed E-state index contributed by atoms with van der Waals surface area (Å²) in [6.45, 7) is 0.892. The van der Waals surface area contributed by atoms with E-state index in [9.17, 15) is 13.2 Å². The largest absolute Gasteiger partial charge is 0.482 e. The summed E-state index contributed by atoms with van der Waals surface area (Å²) in [5.74, 6) is 0.0335. The van der Waals surface area contributed by atoms with Crippen LogP contribution in [0.3, 0.4) is 0 Å². The van der Waals surface area contributed by atoms with Gasteiger partial charge in [0.2, 0.25) is 10.0 Å². The number of amides is 1. The Balaban J connectivity index is 1.58. The molecule has 0 aromatic heterocycles. The lowest BCUT2D eigenvalue weighted by Crippen LogP contribution is -2.27. The molecule has 1 heterocycles. The van der Waals surface area contributed by atoms with E-state index in [2.05, 4.69) is 21.2 Å². The van der Waals surface area contributed by atoms with E-state index in [1.165, 1.54) is 16.4 Å². The number of nitrogens with zero attached hydrogens (tertiary/aromatic N) is 1. The topological polar surface area (TPSA) is 75.7 Å². The number of sulfonamides is 1. The maximum absolute atomic E-state index is 12.5. The summed E-state index contributed by atoms with van der Waals surface area (Å²) >= 11 is 9.34. The van der Waals surface area contributed by atoms with Crippen molar-refractivity contribution in [2.75, 3.05) is 25.0 Å². The second kappa shape index (κ2) is 8.60. The molecule has 0 aliphatic carbocycles. The van der Waals surface area contributed by atoms with Gasteiger partial charge in [-0.3, -0.25) is 4.79 Å². The summed E-state index contributed by atoms with van der Waals surface area (Å²) in [4.78, 5) is 12.3. The van der Waals surface area contributed by atoms with Gasteiger partial charge in [-0.15, -0.1) is 0 Å². The molecule has 3 rings (SSSR count). The first kappa shape index (κ1) is 20.1. The van der Waals surface area contributed by atoms with Crippen LogP contribution in [0.1, 0.15) is 12.8 Å². The predicted molar refractivity (Wildman–Crippen MR) is 108 cm³/mol. The van der Waals surface area contributed by atoms with Crippen LogP contribution in [-0.2, 0) is 14.8 Å². The quantitative estimate of drug-likeness (QED) is 0.690. The van der Waals surface area contributed by atoms with Crippen LogP contribution in [-0.4, -0.2) is 38.3 Å². The molecule has 2 aromatic rings. The van der Waals surface area contributed by atoms with Crippen molar-refractivity contribution in [3.05, 3.63) is 52.0 Å². The van der Waals surface area contributed by atoms with Crippen LogP contribution < -0.4 is 10.1 Å². The van der Waals surface area contributed by atoms with Crippen molar-refractivity contribution in [2.24, 2.45) is 0 Å². The van der Waals surface area contributed by atoms with Crippen LogP contribution in [0.4, 0.5) is 5.69 Å². The number of ether oxygens (including phenoxy) is 1. The number of halogens is 2. The van der Waals surface area contributed by atoms with Gasteiger partial charge in [0.05, 0.1) is 9.92 Å². The molecule has 6 nitrogen and oxygen atoms in total. The standard InChI is InChI=1S/C18H18BrClN2O4S/c19-13-3-8-17(16(20)11-13)26-12-18(23)21-14-4-6-15(7-5-14)27(24,25)22-9-1-2-10-22/h3-8,11H,1-2,9-10,12H2,(H,21,23). The average molecular weight is 474 g/mol. The fourth-order valence-electron chi connectivity index (χ4n) is 2.72. The third kappa shape index (κ3) is 5.01. The van der Waals surface area contributed by atoms with Gasteiger partial charge in [-0.05, 0) is 55.3 Å². The van der Waals surface area contributed by atoms with Gasteiger partial charge < -0.3 is 10.1 Å². The Hall–Kier alpha value is -1.61. The summed E-state index contributed by atoms with van der Waals surface area (Å²) in [5, 5.41) is 3.06. The molecule has 1 saturated heterocycles. The first-order chi connectivity index (χ1) is 12.9. The van der Waals surface area contributed by atoms with E-state index in [0.29, 0.717) is 29.5 Å². The lowest BCUT2D eigenvalue weighted by molar-refractivity contribution is -0.118. The zero-order valence-corrected chi connectivity index (χ0v) is 17.5. The van der Waals surface area contributed by atoms with Crippen LogP contribution in [0.15, 0.2) is 51.8 Å². The molecule has 1 fully saturated rings. The molecule has 144 valence electrons. The second-order valence-corrected chi connectivity index (χ2v) is 9.31. The molecule has 1 amide bonds. The Kier molecular flexibility index (Phi) is 6.41. The molecule has 0 bridgehead atoms.